The molecule has 0 fully saturated rings. The van der Waals surface area contributed by atoms with Gasteiger partial charge in [0.15, 0.2) is 0 Å². The first-order chi connectivity index (χ1) is 24.3. The van der Waals surface area contributed by atoms with Crippen LogP contribution in [0.2, 0.25) is 0 Å². The van der Waals surface area contributed by atoms with Crippen molar-refractivity contribution in [2.75, 3.05) is 0 Å². The maximum atomic E-state index is 12.3. The molecular weight excluding hydrogens is 858 g/mol. The molecule has 0 aliphatic heterocycles. The molecule has 292 valence electrons. The molecule has 0 radical (unpaired) electrons. The van der Waals surface area contributed by atoms with E-state index in [9.17, 15) is 45.1 Å². The van der Waals surface area contributed by atoms with Crippen LogP contribution in [0.25, 0.3) is 0 Å². The fourth-order valence-corrected chi connectivity index (χ4v) is 5.74. The van der Waals surface area contributed by atoms with Crippen molar-refractivity contribution < 1.29 is 64.1 Å². The van der Waals surface area contributed by atoms with Gasteiger partial charge in [-0.25, -0.2) is 36.0 Å². The Morgan fingerprint density at radius 2 is 0.604 bits per heavy atom. The van der Waals surface area contributed by atoms with Crippen LogP contribution in [0.15, 0.2) is 46.2 Å². The van der Waals surface area contributed by atoms with E-state index in [-0.39, 0.29) is 95.6 Å². The molecule has 0 bridgehead atoms. The molecule has 0 saturated heterocycles. The van der Waals surface area contributed by atoms with Gasteiger partial charge in [-0.05, 0) is 87.8 Å². The second kappa shape index (κ2) is 24.3. The van der Waals surface area contributed by atoms with E-state index in [4.69, 9.17) is 18.9 Å². The van der Waals surface area contributed by atoms with E-state index < -0.39 is 53.9 Å². The molecule has 0 N–H and O–H groups in total. The van der Waals surface area contributed by atoms with Gasteiger partial charge in [0.05, 0.1) is 32.0 Å². The number of rotatable bonds is 18. The predicted molar refractivity (Wildman–Crippen MR) is 194 cm³/mol. The molecule has 0 aromatic heterocycles. The van der Waals surface area contributed by atoms with Crippen LogP contribution in [0.5, 0.6) is 0 Å². The summed E-state index contributed by atoms with van der Waals surface area (Å²) >= 11 is 0. The Kier molecular flexibility index (Phi) is 23.2. The summed E-state index contributed by atoms with van der Waals surface area (Å²) in [5.41, 5.74) is -0.703. The molecule has 14 nitrogen and oxygen atoms in total. The summed E-state index contributed by atoms with van der Waals surface area (Å²) in [5, 5.41) is 0. The van der Waals surface area contributed by atoms with Gasteiger partial charge >= 0.3 is 72.8 Å². The van der Waals surface area contributed by atoms with Gasteiger partial charge < -0.3 is 28.1 Å². The number of hydrogen-bond donors (Lipinski definition) is 0. The summed E-state index contributed by atoms with van der Waals surface area (Å²) in [6.07, 6.45) is 3.36. The van der Waals surface area contributed by atoms with E-state index in [1.807, 2.05) is 55.4 Å². The van der Waals surface area contributed by atoms with Gasteiger partial charge in [-0.3, -0.25) is 0 Å². The predicted octanol–water partition coefficient (Wildman–Crippen LogP) is 6.18. The molecule has 0 saturated carbocycles. The molecule has 0 aliphatic rings. The molecule has 17 heteroatoms. The van der Waals surface area contributed by atoms with Crippen LogP contribution in [-0.2, 0) is 39.2 Å². The average Bonchev–Trinajstić information content (AvgIpc) is 3.12. The fraction of sp³-hybridized carbons (Fsp3) is 0.556. The minimum atomic E-state index is -4.86. The smallest absolute Gasteiger partial charge is 0.744 e. The molecule has 0 amide bonds. The largest absolute Gasteiger partial charge is 2.00 e. The van der Waals surface area contributed by atoms with Gasteiger partial charge in [-0.2, -0.15) is 0 Å². The van der Waals surface area contributed by atoms with E-state index in [0.29, 0.717) is 51.4 Å². The van der Waals surface area contributed by atoms with E-state index >= 15 is 0 Å². The Hall–Kier alpha value is -2.29. The van der Waals surface area contributed by atoms with Gasteiger partial charge in [0.25, 0.3) is 0 Å². The summed E-state index contributed by atoms with van der Waals surface area (Å²) in [7, 11) is -9.72. The minimum absolute atomic E-state index is 0. The van der Waals surface area contributed by atoms with Crippen LogP contribution >= 0.6 is 0 Å². The Bertz CT molecular complexity index is 1510. The van der Waals surface area contributed by atoms with Crippen LogP contribution in [0.3, 0.4) is 0 Å². The molecule has 2 aromatic rings. The molecule has 0 atom stereocenters. The first-order valence-corrected chi connectivity index (χ1v) is 20.2. The Labute approximate surface area is 353 Å². The van der Waals surface area contributed by atoms with Gasteiger partial charge in [-0.15, -0.1) is 0 Å². The van der Waals surface area contributed by atoms with Gasteiger partial charge in [0.2, 0.25) is 0 Å². The van der Waals surface area contributed by atoms with Gasteiger partial charge in [0.1, 0.15) is 44.7 Å². The number of carbonyl (C=O) groups is 4. The van der Waals surface area contributed by atoms with Crippen LogP contribution in [0.4, 0.5) is 0 Å². The average molecular weight is 908 g/mol. The van der Waals surface area contributed by atoms with Crippen LogP contribution < -0.4 is 0 Å². The summed E-state index contributed by atoms with van der Waals surface area (Å²) in [4.78, 5) is 47.8. The number of esters is 4. The number of carbonyl (C=O) groups excluding carboxylic acids is 4. The zero-order valence-electron chi connectivity index (χ0n) is 31.7. The normalized spacial score (nSPS) is 11.4. The van der Waals surface area contributed by atoms with Crippen molar-refractivity contribution in [2.24, 2.45) is 0 Å². The Morgan fingerprint density at radius 1 is 0.434 bits per heavy atom. The Balaban J connectivity index is 0.00000100. The quantitative estimate of drug-likeness (QED) is 0.0706. The van der Waals surface area contributed by atoms with E-state index in [1.165, 1.54) is 12.1 Å². The maximum Gasteiger partial charge on any atom is 2.00 e. The summed E-state index contributed by atoms with van der Waals surface area (Å²) in [5.74, 6) is -3.16. The van der Waals surface area contributed by atoms with Crippen molar-refractivity contribution in [3.8, 4) is 0 Å². The third kappa shape index (κ3) is 16.9. The van der Waals surface area contributed by atoms with E-state index in [2.05, 4.69) is 0 Å². The zero-order chi connectivity index (χ0) is 39.8. The van der Waals surface area contributed by atoms with E-state index in [1.54, 1.807) is 0 Å². The Morgan fingerprint density at radius 3 is 0.736 bits per heavy atom. The standard InChI is InChI=1S/2C18H26O7S.Ba/c2*1-5-14(6-2)24-17(19)12-9-13(11-16(10-12)26(21,22)23)18(20)25-15(7-3)8-4;/h2*9-11,14-15H,5-8H2,1-4H3,(H,21,22,23);/q;;+2/p-2. The molecule has 0 spiro atoms. The monoisotopic (exact) mass is 908 g/mol. The van der Waals surface area contributed by atoms with Crippen molar-refractivity contribution in [3.63, 3.8) is 0 Å². The SMILES string of the molecule is CCC(CC)OC(=O)c1cc(C(=O)OC(CC)CC)cc(S(=O)(=O)[O-])c1.CCC(CC)OC(=O)c1cc(C(=O)OC(CC)CC)cc(S(=O)(=O)[O-])c1.[Ba+2]. The summed E-state index contributed by atoms with van der Waals surface area (Å²) in [6.45, 7) is 14.8. The number of benzene rings is 2. The first-order valence-electron chi connectivity index (χ1n) is 17.4. The second-order valence-corrected chi connectivity index (χ2v) is 14.5. The number of hydrogen-bond acceptors (Lipinski definition) is 14. The first kappa shape index (κ1) is 50.7. The van der Waals surface area contributed by atoms with Crippen molar-refractivity contribution in [3.05, 3.63) is 58.7 Å². The van der Waals surface area contributed by atoms with Crippen molar-refractivity contribution in [2.45, 2.75) is 141 Å². The van der Waals surface area contributed by atoms with Crippen molar-refractivity contribution in [1.29, 1.82) is 0 Å². The van der Waals surface area contributed by atoms with Crippen LogP contribution in [-0.4, -0.2) is 123 Å². The molecule has 0 unspecified atom stereocenters. The third-order valence-electron chi connectivity index (χ3n) is 8.07. The van der Waals surface area contributed by atoms with Crippen molar-refractivity contribution >= 4 is 93.0 Å². The summed E-state index contributed by atoms with van der Waals surface area (Å²) < 4.78 is 89.4. The van der Waals surface area contributed by atoms with Gasteiger partial charge in [-0.1, -0.05) is 55.4 Å². The molecule has 0 heterocycles. The van der Waals surface area contributed by atoms with Crippen LogP contribution in [0, 0.1) is 0 Å². The molecular formula is C36H50BaO14S2. The molecule has 2 rings (SSSR count). The molecule has 2 aromatic carbocycles. The molecule has 53 heavy (non-hydrogen) atoms. The van der Waals surface area contributed by atoms with Crippen molar-refractivity contribution in [1.82, 2.24) is 0 Å². The maximum absolute atomic E-state index is 12.3. The number of ether oxygens (including phenoxy) is 4. The summed E-state index contributed by atoms with van der Waals surface area (Å²) in [6, 6.07) is 6.04. The van der Waals surface area contributed by atoms with Crippen LogP contribution in [0.1, 0.15) is 148 Å². The second-order valence-electron chi connectivity index (χ2n) is 11.8. The minimum Gasteiger partial charge on any atom is -0.744 e. The fourth-order valence-electron chi connectivity index (χ4n) is 4.66. The zero-order valence-corrected chi connectivity index (χ0v) is 37.7. The third-order valence-corrected chi connectivity index (χ3v) is 9.70. The molecule has 0 aliphatic carbocycles. The van der Waals surface area contributed by atoms with Gasteiger partial charge in [0, 0.05) is 0 Å². The topological polar surface area (TPSA) is 220 Å². The van der Waals surface area contributed by atoms with E-state index in [0.717, 1.165) is 24.3 Å².